The van der Waals surface area contributed by atoms with Crippen molar-refractivity contribution in [2.75, 3.05) is 32.8 Å². The number of morpholine rings is 1. The molecule has 34 heavy (non-hydrogen) atoms. The van der Waals surface area contributed by atoms with Crippen LogP contribution < -0.4 is 5.56 Å². The molecule has 0 saturated carbocycles. The molecule has 1 aliphatic rings. The third-order valence-electron chi connectivity index (χ3n) is 5.86. The summed E-state index contributed by atoms with van der Waals surface area (Å²) in [5.74, 6) is 0.973. The Bertz CT molecular complexity index is 1330. The molecule has 1 atom stereocenters. The Hall–Kier alpha value is -3.08. The van der Waals surface area contributed by atoms with E-state index in [1.165, 1.54) is 23.9 Å². The van der Waals surface area contributed by atoms with Crippen LogP contribution in [0.25, 0.3) is 22.3 Å². The van der Waals surface area contributed by atoms with E-state index in [2.05, 4.69) is 29.6 Å². The number of para-hydroxylation sites is 1. The molecule has 2 aromatic heterocycles. The highest BCUT2D eigenvalue weighted by atomic mass is 32.2. The molecule has 1 N–H and O–H groups in total. The molecule has 10 heteroatoms. The largest absolute Gasteiger partial charge is 0.379 e. The minimum atomic E-state index is -0.294. The van der Waals surface area contributed by atoms with Gasteiger partial charge in [-0.1, -0.05) is 23.9 Å². The van der Waals surface area contributed by atoms with Crippen molar-refractivity contribution >= 4 is 22.7 Å². The first-order chi connectivity index (χ1) is 16.6. The predicted octanol–water partition coefficient (Wildman–Crippen LogP) is 3.51. The quantitative estimate of drug-likeness (QED) is 0.405. The highest BCUT2D eigenvalue weighted by molar-refractivity contribution is 7.99. The van der Waals surface area contributed by atoms with Crippen molar-refractivity contribution in [1.82, 2.24) is 29.6 Å². The fraction of sp³-hybridized carbons (Fsp3) is 0.333. The van der Waals surface area contributed by atoms with Crippen LogP contribution in [-0.4, -0.2) is 62.5 Å². The van der Waals surface area contributed by atoms with Crippen LogP contribution in [0.1, 0.15) is 18.0 Å². The number of aromatic amines is 1. The molecule has 3 heterocycles. The predicted molar refractivity (Wildman–Crippen MR) is 129 cm³/mol. The Kier molecular flexibility index (Phi) is 6.70. The van der Waals surface area contributed by atoms with Crippen molar-refractivity contribution in [3.8, 4) is 11.4 Å². The van der Waals surface area contributed by atoms with Crippen molar-refractivity contribution in [2.24, 2.45) is 0 Å². The maximum Gasteiger partial charge on any atom is 0.258 e. The number of ether oxygens (including phenoxy) is 1. The number of fused-ring (bicyclic) bond motifs is 1. The van der Waals surface area contributed by atoms with Crippen LogP contribution in [-0.2, 0) is 11.3 Å². The van der Waals surface area contributed by atoms with Gasteiger partial charge in [-0.25, -0.2) is 9.37 Å². The third kappa shape index (κ3) is 4.89. The van der Waals surface area contributed by atoms with Crippen molar-refractivity contribution in [3.63, 3.8) is 0 Å². The maximum atomic E-state index is 13.5. The van der Waals surface area contributed by atoms with E-state index in [-0.39, 0.29) is 16.6 Å². The van der Waals surface area contributed by atoms with Gasteiger partial charge in [0.1, 0.15) is 11.6 Å². The Morgan fingerprint density at radius 1 is 1.09 bits per heavy atom. The number of H-pyrrole nitrogens is 1. The summed E-state index contributed by atoms with van der Waals surface area (Å²) in [7, 11) is 0. The summed E-state index contributed by atoms with van der Waals surface area (Å²) in [6, 6.07) is 13.6. The number of benzene rings is 2. The Morgan fingerprint density at radius 3 is 2.65 bits per heavy atom. The summed E-state index contributed by atoms with van der Waals surface area (Å²) >= 11 is 1.49. The second-order valence-corrected chi connectivity index (χ2v) is 9.46. The first kappa shape index (κ1) is 22.7. The summed E-state index contributed by atoms with van der Waals surface area (Å²) < 4.78 is 21.0. The van der Waals surface area contributed by atoms with E-state index in [1.54, 1.807) is 18.2 Å². The van der Waals surface area contributed by atoms with E-state index in [0.29, 0.717) is 29.1 Å². The lowest BCUT2D eigenvalue weighted by Crippen LogP contribution is -2.38. The van der Waals surface area contributed by atoms with E-state index in [1.807, 2.05) is 25.1 Å². The smallest absolute Gasteiger partial charge is 0.258 e. The number of nitrogens with one attached hydrogen (secondary N) is 1. The van der Waals surface area contributed by atoms with Crippen molar-refractivity contribution in [3.05, 3.63) is 70.5 Å². The van der Waals surface area contributed by atoms with Crippen LogP contribution in [0.3, 0.4) is 0 Å². The lowest BCUT2D eigenvalue weighted by Gasteiger charge is -2.27. The molecular formula is C24H25FN6O2S. The molecule has 0 bridgehead atoms. The van der Waals surface area contributed by atoms with Crippen LogP contribution in [0.4, 0.5) is 4.39 Å². The average molecular weight is 481 g/mol. The normalized spacial score (nSPS) is 15.6. The highest BCUT2D eigenvalue weighted by Crippen LogP contribution is 2.34. The lowest BCUT2D eigenvalue weighted by molar-refractivity contribution is 0.0361. The van der Waals surface area contributed by atoms with Crippen LogP contribution >= 0.6 is 11.8 Å². The zero-order valence-electron chi connectivity index (χ0n) is 18.8. The van der Waals surface area contributed by atoms with E-state index < -0.39 is 0 Å². The molecule has 5 rings (SSSR count). The van der Waals surface area contributed by atoms with Crippen molar-refractivity contribution in [2.45, 2.75) is 23.9 Å². The van der Waals surface area contributed by atoms with E-state index >= 15 is 0 Å². The van der Waals surface area contributed by atoms with Crippen LogP contribution in [0.15, 0.2) is 58.5 Å². The molecule has 0 aliphatic carbocycles. The Balaban J connectivity index is 1.44. The molecule has 8 nitrogen and oxygen atoms in total. The molecule has 0 amide bonds. The zero-order valence-corrected chi connectivity index (χ0v) is 19.6. The van der Waals surface area contributed by atoms with Crippen LogP contribution in [0.2, 0.25) is 0 Å². The van der Waals surface area contributed by atoms with E-state index in [4.69, 9.17) is 4.74 Å². The summed E-state index contributed by atoms with van der Waals surface area (Å²) in [5, 5.41) is 10.00. The topological polar surface area (TPSA) is 88.9 Å². The second-order valence-electron chi connectivity index (χ2n) is 8.15. The Labute approximate surface area is 200 Å². The fourth-order valence-corrected chi connectivity index (χ4v) is 4.90. The molecule has 1 fully saturated rings. The molecule has 2 aromatic carbocycles. The maximum absolute atomic E-state index is 13.5. The number of halogens is 1. The SMILES string of the molecule is CC(Sc1nnc(-c2ccc(F)cc2)n1CCN1CCOCC1)c1nc2ccccc2c(=O)[nH]1. The van der Waals surface area contributed by atoms with Crippen molar-refractivity contribution < 1.29 is 9.13 Å². The number of hydrogen-bond acceptors (Lipinski definition) is 7. The minimum absolute atomic E-state index is 0.158. The van der Waals surface area contributed by atoms with Gasteiger partial charge >= 0.3 is 0 Å². The summed E-state index contributed by atoms with van der Waals surface area (Å²) in [6.07, 6.45) is 0. The fourth-order valence-electron chi connectivity index (χ4n) is 3.97. The second kappa shape index (κ2) is 10.0. The number of nitrogens with zero attached hydrogens (tertiary/aromatic N) is 5. The first-order valence-corrected chi connectivity index (χ1v) is 12.1. The molecule has 0 radical (unpaired) electrons. The standard InChI is InChI=1S/C24H25FN6O2S/c1-16(21-26-20-5-3-2-4-19(20)23(32)27-21)34-24-29-28-22(17-6-8-18(25)9-7-17)31(24)11-10-30-12-14-33-15-13-30/h2-9,16H,10-15H2,1H3,(H,26,27,32). The zero-order chi connectivity index (χ0) is 23.5. The number of thioether (sulfide) groups is 1. The molecule has 176 valence electrons. The number of hydrogen-bond donors (Lipinski definition) is 1. The van der Waals surface area contributed by atoms with Gasteiger partial charge in [0.25, 0.3) is 5.56 Å². The van der Waals surface area contributed by atoms with Crippen LogP contribution in [0, 0.1) is 5.82 Å². The van der Waals surface area contributed by atoms with Gasteiger partial charge in [-0.2, -0.15) is 0 Å². The van der Waals surface area contributed by atoms with Gasteiger partial charge in [0.2, 0.25) is 0 Å². The van der Waals surface area contributed by atoms with Gasteiger partial charge in [0.15, 0.2) is 11.0 Å². The summed E-state index contributed by atoms with van der Waals surface area (Å²) in [4.78, 5) is 22.4. The number of aromatic nitrogens is 5. The molecule has 1 unspecified atom stereocenters. The van der Waals surface area contributed by atoms with E-state index in [9.17, 15) is 9.18 Å². The van der Waals surface area contributed by atoms with Crippen molar-refractivity contribution in [1.29, 1.82) is 0 Å². The van der Waals surface area contributed by atoms with E-state index in [0.717, 1.165) is 43.6 Å². The monoisotopic (exact) mass is 480 g/mol. The van der Waals surface area contributed by atoms with Gasteiger partial charge in [0.05, 0.1) is 29.4 Å². The third-order valence-corrected chi connectivity index (χ3v) is 6.95. The summed E-state index contributed by atoms with van der Waals surface area (Å²) in [6.45, 7) is 6.71. The molecular weight excluding hydrogens is 455 g/mol. The van der Waals surface area contributed by atoms with Crippen LogP contribution in [0.5, 0.6) is 0 Å². The Morgan fingerprint density at radius 2 is 1.85 bits per heavy atom. The molecule has 1 saturated heterocycles. The van der Waals surface area contributed by atoms with Gasteiger partial charge in [0, 0.05) is 31.7 Å². The molecule has 0 spiro atoms. The van der Waals surface area contributed by atoms with Gasteiger partial charge in [-0.05, 0) is 43.3 Å². The number of rotatable bonds is 7. The lowest BCUT2D eigenvalue weighted by atomic mass is 10.2. The van der Waals surface area contributed by atoms with Gasteiger partial charge < -0.3 is 14.3 Å². The molecule has 4 aromatic rings. The first-order valence-electron chi connectivity index (χ1n) is 11.2. The molecule has 1 aliphatic heterocycles. The summed E-state index contributed by atoms with van der Waals surface area (Å²) in [5.41, 5.74) is 1.30. The van der Waals surface area contributed by atoms with Gasteiger partial charge in [-0.15, -0.1) is 10.2 Å². The highest BCUT2D eigenvalue weighted by Gasteiger charge is 2.21. The average Bonchev–Trinajstić information content (AvgIpc) is 3.26. The minimum Gasteiger partial charge on any atom is -0.379 e. The van der Waals surface area contributed by atoms with Gasteiger partial charge in [-0.3, -0.25) is 9.69 Å².